The highest BCUT2D eigenvalue weighted by Gasteiger charge is 2.41. The summed E-state index contributed by atoms with van der Waals surface area (Å²) in [5.74, 6) is 0.210. The second-order valence-electron chi connectivity index (χ2n) is 7.84. The molecule has 0 bridgehead atoms. The van der Waals surface area contributed by atoms with Gasteiger partial charge in [0.1, 0.15) is 11.4 Å². The Kier molecular flexibility index (Phi) is 9.07. The molecule has 0 fully saturated rings. The van der Waals surface area contributed by atoms with Gasteiger partial charge in [-0.2, -0.15) is 0 Å². The number of carbonyl (C=O) groups excluding carboxylic acids is 2. The molecule has 0 saturated heterocycles. The number of amides is 2. The van der Waals surface area contributed by atoms with Crippen molar-refractivity contribution in [2.45, 2.75) is 40.0 Å². The minimum absolute atomic E-state index is 0.261. The van der Waals surface area contributed by atoms with Gasteiger partial charge >= 0.3 is 0 Å². The van der Waals surface area contributed by atoms with Gasteiger partial charge in [-0.3, -0.25) is 14.5 Å². The molecule has 0 aromatic heterocycles. The summed E-state index contributed by atoms with van der Waals surface area (Å²) in [6, 6.07) is 17.1. The lowest BCUT2D eigenvalue weighted by Crippen LogP contribution is -2.36. The van der Waals surface area contributed by atoms with Crippen molar-refractivity contribution in [1.82, 2.24) is 4.90 Å². The van der Waals surface area contributed by atoms with Gasteiger partial charge in [-0.25, -0.2) is 0 Å². The van der Waals surface area contributed by atoms with E-state index in [-0.39, 0.29) is 11.8 Å². The van der Waals surface area contributed by atoms with E-state index in [1.165, 1.54) is 4.90 Å². The van der Waals surface area contributed by atoms with Gasteiger partial charge in [-0.1, -0.05) is 43.7 Å². The zero-order valence-corrected chi connectivity index (χ0v) is 19.9. The Bertz CT molecular complexity index is 954. The SMILES string of the molecule is CCCCOCCCN1C(=O)C(c2ccc(OCC)cc2)=C(N(CC)c2ccccc2)C1=O. The summed E-state index contributed by atoms with van der Waals surface area (Å²) in [7, 11) is 0. The first-order valence-corrected chi connectivity index (χ1v) is 11.9. The summed E-state index contributed by atoms with van der Waals surface area (Å²) in [6.45, 7) is 8.72. The van der Waals surface area contributed by atoms with Crippen LogP contribution in [0.4, 0.5) is 5.69 Å². The standard InChI is InChI=1S/C27H34N2O4/c1-4-7-19-32-20-11-18-29-26(30)24(21-14-16-23(17-15-21)33-6-3)25(27(29)31)28(5-2)22-12-9-8-10-13-22/h8-10,12-17H,4-7,11,18-20H2,1-3H3. The normalized spacial score (nSPS) is 13.7. The van der Waals surface area contributed by atoms with Gasteiger partial charge in [-0.15, -0.1) is 0 Å². The third-order valence-electron chi connectivity index (χ3n) is 5.56. The maximum absolute atomic E-state index is 13.5. The number of likely N-dealkylation sites (N-methyl/N-ethyl adjacent to an activating group) is 1. The molecule has 2 aromatic rings. The minimum Gasteiger partial charge on any atom is -0.494 e. The van der Waals surface area contributed by atoms with E-state index < -0.39 is 0 Å². The number of ether oxygens (including phenoxy) is 2. The van der Waals surface area contributed by atoms with Crippen molar-refractivity contribution in [3.63, 3.8) is 0 Å². The monoisotopic (exact) mass is 450 g/mol. The summed E-state index contributed by atoms with van der Waals surface area (Å²) >= 11 is 0. The molecule has 0 atom stereocenters. The van der Waals surface area contributed by atoms with Gasteiger partial charge in [0.05, 0.1) is 12.2 Å². The number of anilines is 1. The van der Waals surface area contributed by atoms with Crippen LogP contribution < -0.4 is 9.64 Å². The predicted molar refractivity (Wildman–Crippen MR) is 131 cm³/mol. The smallest absolute Gasteiger partial charge is 0.278 e. The number of unbranched alkanes of at least 4 members (excludes halogenated alkanes) is 1. The number of benzene rings is 2. The molecule has 0 aliphatic carbocycles. The van der Waals surface area contributed by atoms with E-state index in [4.69, 9.17) is 9.47 Å². The molecule has 0 N–H and O–H groups in total. The fourth-order valence-electron chi connectivity index (χ4n) is 3.91. The summed E-state index contributed by atoms with van der Waals surface area (Å²) in [5, 5.41) is 0. The largest absolute Gasteiger partial charge is 0.494 e. The van der Waals surface area contributed by atoms with Gasteiger partial charge in [0.2, 0.25) is 0 Å². The molecule has 176 valence electrons. The highest BCUT2D eigenvalue weighted by atomic mass is 16.5. The molecule has 2 amide bonds. The van der Waals surface area contributed by atoms with Crippen molar-refractivity contribution in [2.24, 2.45) is 0 Å². The highest BCUT2D eigenvalue weighted by molar-refractivity contribution is 6.36. The van der Waals surface area contributed by atoms with E-state index in [0.717, 1.165) is 24.3 Å². The summed E-state index contributed by atoms with van der Waals surface area (Å²) in [6.07, 6.45) is 2.70. The van der Waals surface area contributed by atoms with E-state index in [0.29, 0.717) is 56.2 Å². The maximum atomic E-state index is 13.5. The summed E-state index contributed by atoms with van der Waals surface area (Å²) in [4.78, 5) is 30.3. The average molecular weight is 451 g/mol. The van der Waals surface area contributed by atoms with Gasteiger partial charge in [-0.05, 0) is 56.5 Å². The lowest BCUT2D eigenvalue weighted by Gasteiger charge is -2.25. The Morgan fingerprint density at radius 1 is 0.848 bits per heavy atom. The van der Waals surface area contributed by atoms with Crippen molar-refractivity contribution in [3.05, 3.63) is 65.9 Å². The van der Waals surface area contributed by atoms with Crippen LogP contribution in [0.3, 0.4) is 0 Å². The van der Waals surface area contributed by atoms with Crippen LogP contribution in [0.1, 0.15) is 45.6 Å². The van der Waals surface area contributed by atoms with Gasteiger partial charge in [0, 0.05) is 32.0 Å². The molecule has 3 rings (SSSR count). The molecule has 1 aliphatic heterocycles. The van der Waals surface area contributed by atoms with Crippen molar-refractivity contribution < 1.29 is 19.1 Å². The van der Waals surface area contributed by atoms with E-state index in [1.54, 1.807) is 0 Å². The van der Waals surface area contributed by atoms with Crippen LogP contribution in [0.5, 0.6) is 5.75 Å². The second kappa shape index (κ2) is 12.2. The van der Waals surface area contributed by atoms with E-state index >= 15 is 0 Å². The Labute approximate surface area is 196 Å². The number of hydrogen-bond donors (Lipinski definition) is 0. The number of carbonyl (C=O) groups is 2. The van der Waals surface area contributed by atoms with Crippen LogP contribution in [-0.2, 0) is 14.3 Å². The zero-order valence-electron chi connectivity index (χ0n) is 19.9. The molecule has 0 radical (unpaired) electrons. The van der Waals surface area contributed by atoms with Crippen molar-refractivity contribution in [1.29, 1.82) is 0 Å². The maximum Gasteiger partial charge on any atom is 0.278 e. The van der Waals surface area contributed by atoms with Gasteiger partial charge in [0.15, 0.2) is 0 Å². The van der Waals surface area contributed by atoms with Crippen LogP contribution in [0.15, 0.2) is 60.3 Å². The van der Waals surface area contributed by atoms with Crippen LogP contribution >= 0.6 is 0 Å². The van der Waals surface area contributed by atoms with E-state index in [9.17, 15) is 9.59 Å². The Morgan fingerprint density at radius 2 is 1.55 bits per heavy atom. The average Bonchev–Trinajstić information content (AvgIpc) is 3.08. The van der Waals surface area contributed by atoms with Crippen LogP contribution in [-0.4, -0.2) is 49.6 Å². The zero-order chi connectivity index (χ0) is 23.6. The molecular formula is C27H34N2O4. The van der Waals surface area contributed by atoms with Crippen LogP contribution in [0.25, 0.3) is 5.57 Å². The first-order chi connectivity index (χ1) is 16.1. The molecule has 6 nitrogen and oxygen atoms in total. The lowest BCUT2D eigenvalue weighted by atomic mass is 10.0. The topological polar surface area (TPSA) is 59.1 Å². The van der Waals surface area contributed by atoms with Crippen LogP contribution in [0.2, 0.25) is 0 Å². The summed E-state index contributed by atoms with van der Waals surface area (Å²) in [5.41, 5.74) is 2.44. The summed E-state index contributed by atoms with van der Waals surface area (Å²) < 4.78 is 11.2. The molecule has 1 aliphatic rings. The molecule has 0 spiro atoms. The molecule has 2 aromatic carbocycles. The van der Waals surface area contributed by atoms with Gasteiger partial charge in [0.25, 0.3) is 11.8 Å². The number of nitrogens with zero attached hydrogens (tertiary/aromatic N) is 2. The van der Waals surface area contributed by atoms with Crippen molar-refractivity contribution >= 4 is 23.1 Å². The van der Waals surface area contributed by atoms with Gasteiger partial charge < -0.3 is 14.4 Å². The second-order valence-corrected chi connectivity index (χ2v) is 7.84. The lowest BCUT2D eigenvalue weighted by molar-refractivity contribution is -0.137. The highest BCUT2D eigenvalue weighted by Crippen LogP contribution is 2.34. The molecule has 6 heteroatoms. The number of para-hydroxylation sites is 1. The molecule has 33 heavy (non-hydrogen) atoms. The van der Waals surface area contributed by atoms with Crippen molar-refractivity contribution in [3.8, 4) is 5.75 Å². The van der Waals surface area contributed by atoms with E-state index in [1.807, 2.05) is 73.3 Å². The quantitative estimate of drug-likeness (QED) is 0.321. The number of imide groups is 1. The minimum atomic E-state index is -0.262. The molecule has 0 saturated carbocycles. The van der Waals surface area contributed by atoms with E-state index in [2.05, 4.69) is 6.92 Å². The fraction of sp³-hybridized carbons (Fsp3) is 0.407. The molecular weight excluding hydrogens is 416 g/mol. The molecule has 0 unspecified atom stereocenters. The fourth-order valence-corrected chi connectivity index (χ4v) is 3.91. The van der Waals surface area contributed by atoms with Crippen molar-refractivity contribution in [2.75, 3.05) is 37.8 Å². The third kappa shape index (κ3) is 5.82. The Hall–Kier alpha value is -3.12. The Balaban J connectivity index is 1.91. The number of rotatable bonds is 13. The predicted octanol–water partition coefficient (Wildman–Crippen LogP) is 4.90. The number of hydrogen-bond acceptors (Lipinski definition) is 5. The third-order valence-corrected chi connectivity index (χ3v) is 5.56. The van der Waals surface area contributed by atoms with Crippen LogP contribution in [0, 0.1) is 0 Å². The molecule has 1 heterocycles. The Morgan fingerprint density at radius 3 is 2.18 bits per heavy atom. The first kappa shape index (κ1) is 24.5. The first-order valence-electron chi connectivity index (χ1n) is 11.9.